The van der Waals surface area contributed by atoms with Crippen LogP contribution < -0.4 is 0 Å². The minimum absolute atomic E-state index is 0.0480. The molecule has 100 valence electrons. The molecule has 0 aliphatic carbocycles. The predicted octanol–water partition coefficient (Wildman–Crippen LogP) is 2.84. The van der Waals surface area contributed by atoms with Crippen molar-refractivity contribution < 1.29 is 9.53 Å². The van der Waals surface area contributed by atoms with E-state index in [9.17, 15) is 4.79 Å². The second kappa shape index (κ2) is 5.85. The van der Waals surface area contributed by atoms with Gasteiger partial charge in [0.2, 0.25) is 0 Å². The fourth-order valence-corrected chi connectivity index (χ4v) is 2.35. The van der Waals surface area contributed by atoms with E-state index in [1.165, 1.54) is 13.0 Å². The van der Waals surface area contributed by atoms with Gasteiger partial charge in [0.25, 0.3) is 0 Å². The number of piperidine rings is 1. The van der Waals surface area contributed by atoms with Crippen LogP contribution in [0.3, 0.4) is 0 Å². The van der Waals surface area contributed by atoms with E-state index in [4.69, 9.17) is 4.74 Å². The maximum absolute atomic E-state index is 11.8. The summed E-state index contributed by atoms with van der Waals surface area (Å²) < 4.78 is 5.38. The zero-order valence-corrected chi connectivity index (χ0v) is 12.0. The molecule has 0 aromatic rings. The van der Waals surface area contributed by atoms with Gasteiger partial charge in [0.1, 0.15) is 5.60 Å². The SMILES string of the molecule is CC(C)N1CCCC(CC(=O)OC(C)(C)C)C1. The fraction of sp³-hybridized carbons (Fsp3) is 0.929. The number of hydrogen-bond donors (Lipinski definition) is 0. The molecule has 0 spiro atoms. The Morgan fingerprint density at radius 1 is 1.41 bits per heavy atom. The first-order chi connectivity index (χ1) is 7.78. The van der Waals surface area contributed by atoms with Gasteiger partial charge in [-0.25, -0.2) is 0 Å². The van der Waals surface area contributed by atoms with Gasteiger partial charge in [-0.2, -0.15) is 0 Å². The highest BCUT2D eigenvalue weighted by atomic mass is 16.6. The highest BCUT2D eigenvalue weighted by Gasteiger charge is 2.25. The Morgan fingerprint density at radius 2 is 2.06 bits per heavy atom. The number of ether oxygens (including phenoxy) is 1. The molecule has 0 amide bonds. The van der Waals surface area contributed by atoms with Crippen molar-refractivity contribution in [1.82, 2.24) is 4.90 Å². The summed E-state index contributed by atoms with van der Waals surface area (Å²) in [5.41, 5.74) is -0.358. The lowest BCUT2D eigenvalue weighted by Crippen LogP contribution is -2.41. The third-order valence-electron chi connectivity index (χ3n) is 3.16. The second-order valence-electron chi connectivity index (χ2n) is 6.39. The second-order valence-corrected chi connectivity index (χ2v) is 6.39. The third kappa shape index (κ3) is 5.53. The van der Waals surface area contributed by atoms with Gasteiger partial charge in [-0.3, -0.25) is 4.79 Å². The smallest absolute Gasteiger partial charge is 0.306 e. The number of esters is 1. The van der Waals surface area contributed by atoms with Crippen molar-refractivity contribution in [3.63, 3.8) is 0 Å². The molecule has 1 fully saturated rings. The first-order valence-corrected chi connectivity index (χ1v) is 6.74. The van der Waals surface area contributed by atoms with E-state index in [2.05, 4.69) is 18.7 Å². The van der Waals surface area contributed by atoms with Gasteiger partial charge >= 0.3 is 5.97 Å². The van der Waals surface area contributed by atoms with Crippen molar-refractivity contribution >= 4 is 5.97 Å². The molecule has 1 unspecified atom stereocenters. The number of carbonyl (C=O) groups excluding carboxylic acids is 1. The monoisotopic (exact) mass is 241 g/mol. The van der Waals surface area contributed by atoms with Crippen LogP contribution in [0.1, 0.15) is 53.9 Å². The number of hydrogen-bond acceptors (Lipinski definition) is 3. The maximum Gasteiger partial charge on any atom is 0.306 e. The lowest BCUT2D eigenvalue weighted by molar-refractivity contribution is -0.156. The molecule has 0 bridgehead atoms. The number of carbonyl (C=O) groups is 1. The van der Waals surface area contributed by atoms with E-state index in [-0.39, 0.29) is 11.6 Å². The summed E-state index contributed by atoms with van der Waals surface area (Å²) in [4.78, 5) is 14.2. The Labute approximate surface area is 106 Å². The molecular weight excluding hydrogens is 214 g/mol. The van der Waals surface area contributed by atoms with Crippen LogP contribution in [-0.4, -0.2) is 35.6 Å². The lowest BCUT2D eigenvalue weighted by atomic mass is 9.94. The van der Waals surface area contributed by atoms with E-state index in [0.29, 0.717) is 18.4 Å². The number of rotatable bonds is 3. The van der Waals surface area contributed by atoms with Crippen LogP contribution in [0.5, 0.6) is 0 Å². The Kier molecular flexibility index (Phi) is 4.99. The molecule has 1 rings (SSSR count). The van der Waals surface area contributed by atoms with Gasteiger partial charge in [-0.15, -0.1) is 0 Å². The van der Waals surface area contributed by atoms with E-state index in [1.807, 2.05) is 20.8 Å². The molecule has 3 heteroatoms. The Hall–Kier alpha value is -0.570. The van der Waals surface area contributed by atoms with Gasteiger partial charge in [0.05, 0.1) is 0 Å². The first-order valence-electron chi connectivity index (χ1n) is 6.74. The van der Waals surface area contributed by atoms with Crippen molar-refractivity contribution in [2.24, 2.45) is 5.92 Å². The highest BCUT2D eigenvalue weighted by Crippen LogP contribution is 2.22. The summed E-state index contributed by atoms with van der Waals surface area (Å²) in [5.74, 6) is 0.425. The molecule has 1 atom stereocenters. The quantitative estimate of drug-likeness (QED) is 0.712. The minimum Gasteiger partial charge on any atom is -0.460 e. The molecule has 1 aliphatic heterocycles. The van der Waals surface area contributed by atoms with Crippen LogP contribution in [0.4, 0.5) is 0 Å². The zero-order chi connectivity index (χ0) is 13.1. The Morgan fingerprint density at radius 3 is 2.59 bits per heavy atom. The van der Waals surface area contributed by atoms with E-state index in [0.717, 1.165) is 13.0 Å². The molecule has 0 aromatic heterocycles. The molecule has 1 heterocycles. The molecule has 0 saturated carbocycles. The summed E-state index contributed by atoms with van der Waals surface area (Å²) in [6.45, 7) is 12.4. The molecule has 0 aromatic carbocycles. The van der Waals surface area contributed by atoms with Crippen LogP contribution in [0.25, 0.3) is 0 Å². The van der Waals surface area contributed by atoms with Crippen molar-refractivity contribution in [3.05, 3.63) is 0 Å². The zero-order valence-electron chi connectivity index (χ0n) is 12.0. The topological polar surface area (TPSA) is 29.5 Å². The summed E-state index contributed by atoms with van der Waals surface area (Å²) in [5, 5.41) is 0. The van der Waals surface area contributed by atoms with E-state index < -0.39 is 0 Å². The average Bonchev–Trinajstić information content (AvgIpc) is 2.14. The summed E-state index contributed by atoms with van der Waals surface area (Å²) in [7, 11) is 0. The molecular formula is C14H27NO2. The highest BCUT2D eigenvalue weighted by molar-refractivity contribution is 5.70. The fourth-order valence-electron chi connectivity index (χ4n) is 2.35. The number of nitrogens with zero attached hydrogens (tertiary/aromatic N) is 1. The van der Waals surface area contributed by atoms with Crippen LogP contribution in [-0.2, 0) is 9.53 Å². The van der Waals surface area contributed by atoms with Gasteiger partial charge in [-0.1, -0.05) is 0 Å². The van der Waals surface area contributed by atoms with Crippen molar-refractivity contribution in [1.29, 1.82) is 0 Å². The molecule has 0 N–H and O–H groups in total. The largest absolute Gasteiger partial charge is 0.460 e. The minimum atomic E-state index is -0.358. The van der Waals surface area contributed by atoms with Crippen molar-refractivity contribution in [2.45, 2.75) is 65.5 Å². The molecule has 1 saturated heterocycles. The van der Waals surface area contributed by atoms with Gasteiger partial charge in [-0.05, 0) is 59.9 Å². The van der Waals surface area contributed by atoms with Gasteiger partial charge in [0.15, 0.2) is 0 Å². The standard InChI is InChI=1S/C14H27NO2/c1-11(2)15-8-6-7-12(10-15)9-13(16)17-14(3,4)5/h11-12H,6-10H2,1-5H3. The normalized spacial score (nSPS) is 22.8. The van der Waals surface area contributed by atoms with E-state index in [1.54, 1.807) is 0 Å². The van der Waals surface area contributed by atoms with Crippen LogP contribution in [0, 0.1) is 5.92 Å². The van der Waals surface area contributed by atoms with Gasteiger partial charge in [0, 0.05) is 19.0 Å². The third-order valence-corrected chi connectivity index (χ3v) is 3.16. The van der Waals surface area contributed by atoms with Crippen LogP contribution in [0.15, 0.2) is 0 Å². The number of likely N-dealkylation sites (tertiary alicyclic amines) is 1. The lowest BCUT2D eigenvalue weighted by Gasteiger charge is -2.35. The Balaban J connectivity index is 2.38. The van der Waals surface area contributed by atoms with Crippen LogP contribution in [0.2, 0.25) is 0 Å². The molecule has 0 radical (unpaired) electrons. The summed E-state index contributed by atoms with van der Waals surface area (Å²) in [6.07, 6.45) is 2.93. The maximum atomic E-state index is 11.8. The summed E-state index contributed by atoms with van der Waals surface area (Å²) in [6, 6.07) is 0.580. The molecule has 17 heavy (non-hydrogen) atoms. The molecule has 1 aliphatic rings. The van der Waals surface area contributed by atoms with Crippen LogP contribution >= 0.6 is 0 Å². The first kappa shape index (κ1) is 14.5. The van der Waals surface area contributed by atoms with Gasteiger partial charge < -0.3 is 9.64 Å². The predicted molar refractivity (Wildman–Crippen MR) is 69.9 cm³/mol. The summed E-state index contributed by atoms with van der Waals surface area (Å²) >= 11 is 0. The molecule has 3 nitrogen and oxygen atoms in total. The average molecular weight is 241 g/mol. The van der Waals surface area contributed by atoms with Crippen molar-refractivity contribution in [3.8, 4) is 0 Å². The van der Waals surface area contributed by atoms with Crippen molar-refractivity contribution in [2.75, 3.05) is 13.1 Å². The Bertz CT molecular complexity index is 255. The van der Waals surface area contributed by atoms with E-state index >= 15 is 0 Å².